The van der Waals surface area contributed by atoms with E-state index in [0.717, 1.165) is 6.42 Å². The van der Waals surface area contributed by atoms with Gasteiger partial charge in [-0.1, -0.05) is 18.2 Å². The van der Waals surface area contributed by atoms with Crippen LogP contribution in [0.3, 0.4) is 0 Å². The number of carbonyl (C=O) groups is 3. The number of piperidine rings is 1. The summed E-state index contributed by atoms with van der Waals surface area (Å²) in [5.74, 6) is -0.836. The highest BCUT2D eigenvalue weighted by atomic mass is 16.5. The fourth-order valence-corrected chi connectivity index (χ4v) is 2.84. The number of hydrogen-bond acceptors (Lipinski definition) is 4. The third kappa shape index (κ3) is 5.77. The zero-order chi connectivity index (χ0) is 18.2. The maximum Gasteiger partial charge on any atom is 0.305 e. The van der Waals surface area contributed by atoms with Gasteiger partial charge < -0.3 is 19.6 Å². The predicted molar refractivity (Wildman–Crippen MR) is 91.1 cm³/mol. The molecule has 7 nitrogen and oxygen atoms in total. The minimum absolute atomic E-state index is 0.0558. The van der Waals surface area contributed by atoms with E-state index in [1.54, 1.807) is 24.1 Å². The van der Waals surface area contributed by atoms with Crippen LogP contribution >= 0.6 is 0 Å². The molecule has 2 rings (SSSR count). The summed E-state index contributed by atoms with van der Waals surface area (Å²) in [5, 5.41) is 8.72. The molecule has 1 aromatic rings. The second kappa shape index (κ2) is 9.05. The number of nitrogens with zero attached hydrogens (tertiary/aromatic N) is 2. The standard InChI is InChI=1S/C18H24N2O5/c1-19(11-9-17(22)23)18(24)14-6-5-10-20(12-14)16(21)13-25-15-7-3-2-4-8-15/h2-4,7-8,14H,5-6,9-13H2,1H3,(H,22,23). The Hall–Kier alpha value is -2.57. The van der Waals surface area contributed by atoms with Crippen molar-refractivity contribution in [1.82, 2.24) is 9.80 Å². The van der Waals surface area contributed by atoms with Crippen LogP contribution in [-0.2, 0) is 14.4 Å². The van der Waals surface area contributed by atoms with Crippen LogP contribution in [-0.4, -0.2) is 66.0 Å². The Bertz CT molecular complexity index is 605. The van der Waals surface area contributed by atoms with Crippen LogP contribution in [0.5, 0.6) is 5.75 Å². The Labute approximate surface area is 147 Å². The molecular weight excluding hydrogens is 324 g/mol. The van der Waals surface area contributed by atoms with Crippen molar-refractivity contribution in [2.24, 2.45) is 5.92 Å². The minimum atomic E-state index is -0.932. The van der Waals surface area contributed by atoms with Crippen molar-refractivity contribution in [1.29, 1.82) is 0 Å². The van der Waals surface area contributed by atoms with Crippen molar-refractivity contribution in [2.75, 3.05) is 33.3 Å². The summed E-state index contributed by atoms with van der Waals surface area (Å²) in [6, 6.07) is 9.11. The van der Waals surface area contributed by atoms with Crippen LogP contribution in [0.15, 0.2) is 30.3 Å². The largest absolute Gasteiger partial charge is 0.484 e. The molecule has 1 aromatic carbocycles. The number of carbonyl (C=O) groups excluding carboxylic acids is 2. The average Bonchev–Trinajstić information content (AvgIpc) is 2.64. The number of benzene rings is 1. The Morgan fingerprint density at radius 2 is 2.00 bits per heavy atom. The number of ether oxygens (including phenoxy) is 1. The molecule has 1 saturated heterocycles. The number of carboxylic acid groups (broad SMARTS) is 1. The third-order valence-electron chi connectivity index (χ3n) is 4.27. The molecule has 1 N–H and O–H groups in total. The van der Waals surface area contributed by atoms with Crippen molar-refractivity contribution < 1.29 is 24.2 Å². The summed E-state index contributed by atoms with van der Waals surface area (Å²) in [7, 11) is 1.60. The molecule has 0 spiro atoms. The van der Waals surface area contributed by atoms with Gasteiger partial charge in [0.1, 0.15) is 5.75 Å². The summed E-state index contributed by atoms with van der Waals surface area (Å²) in [6.45, 7) is 1.09. The molecule has 1 atom stereocenters. The molecule has 2 amide bonds. The summed E-state index contributed by atoms with van der Waals surface area (Å²) in [5.41, 5.74) is 0. The maximum atomic E-state index is 12.4. The summed E-state index contributed by atoms with van der Waals surface area (Å²) < 4.78 is 5.48. The molecule has 1 aliphatic heterocycles. The van der Waals surface area contributed by atoms with Gasteiger partial charge in [-0.2, -0.15) is 0 Å². The monoisotopic (exact) mass is 348 g/mol. The second-order valence-electron chi connectivity index (χ2n) is 6.18. The predicted octanol–water partition coefficient (Wildman–Crippen LogP) is 1.24. The van der Waals surface area contributed by atoms with Gasteiger partial charge in [0.05, 0.1) is 12.3 Å². The molecule has 1 fully saturated rings. The fraction of sp³-hybridized carbons (Fsp3) is 0.500. The van der Waals surface area contributed by atoms with Gasteiger partial charge in [0.15, 0.2) is 6.61 Å². The lowest BCUT2D eigenvalue weighted by Crippen LogP contribution is -2.47. The highest BCUT2D eigenvalue weighted by molar-refractivity contribution is 5.82. The Morgan fingerprint density at radius 3 is 2.68 bits per heavy atom. The Kier molecular flexibility index (Phi) is 6.80. The second-order valence-corrected chi connectivity index (χ2v) is 6.18. The number of amides is 2. The fourth-order valence-electron chi connectivity index (χ4n) is 2.84. The lowest BCUT2D eigenvalue weighted by atomic mass is 9.96. The van der Waals surface area contributed by atoms with Crippen molar-refractivity contribution in [3.63, 3.8) is 0 Å². The van der Waals surface area contributed by atoms with Gasteiger partial charge in [-0.15, -0.1) is 0 Å². The molecule has 1 aliphatic rings. The van der Waals surface area contributed by atoms with Crippen molar-refractivity contribution in [3.8, 4) is 5.75 Å². The Morgan fingerprint density at radius 1 is 1.28 bits per heavy atom. The minimum Gasteiger partial charge on any atom is -0.484 e. The Balaban J connectivity index is 1.83. The molecule has 0 saturated carbocycles. The van der Waals surface area contributed by atoms with E-state index in [0.29, 0.717) is 25.3 Å². The molecule has 25 heavy (non-hydrogen) atoms. The van der Waals surface area contributed by atoms with Crippen LogP contribution < -0.4 is 4.74 Å². The highest BCUT2D eigenvalue weighted by Gasteiger charge is 2.30. The molecule has 136 valence electrons. The summed E-state index contributed by atoms with van der Waals surface area (Å²) in [4.78, 5) is 38.5. The van der Waals surface area contributed by atoms with Crippen molar-refractivity contribution in [3.05, 3.63) is 30.3 Å². The average molecular weight is 348 g/mol. The van der Waals surface area contributed by atoms with E-state index in [1.165, 1.54) is 4.90 Å². The number of para-hydroxylation sites is 1. The lowest BCUT2D eigenvalue weighted by Gasteiger charge is -2.33. The van der Waals surface area contributed by atoms with Gasteiger partial charge in [-0.05, 0) is 25.0 Å². The first-order valence-electron chi connectivity index (χ1n) is 8.39. The van der Waals surface area contributed by atoms with Crippen LogP contribution in [0.25, 0.3) is 0 Å². The normalized spacial score (nSPS) is 17.0. The van der Waals surface area contributed by atoms with Crippen LogP contribution in [0, 0.1) is 5.92 Å². The van der Waals surface area contributed by atoms with Crippen molar-refractivity contribution in [2.45, 2.75) is 19.3 Å². The maximum absolute atomic E-state index is 12.4. The number of hydrogen-bond donors (Lipinski definition) is 1. The topological polar surface area (TPSA) is 87.2 Å². The zero-order valence-corrected chi connectivity index (χ0v) is 14.4. The van der Waals surface area contributed by atoms with Crippen LogP contribution in [0.4, 0.5) is 0 Å². The molecular formula is C18H24N2O5. The number of carboxylic acids is 1. The lowest BCUT2D eigenvalue weighted by molar-refractivity contribution is -0.141. The van der Waals surface area contributed by atoms with Gasteiger partial charge in [-0.25, -0.2) is 0 Å². The first kappa shape index (κ1) is 18.8. The van der Waals surface area contributed by atoms with E-state index in [9.17, 15) is 14.4 Å². The third-order valence-corrected chi connectivity index (χ3v) is 4.27. The highest BCUT2D eigenvalue weighted by Crippen LogP contribution is 2.19. The SMILES string of the molecule is CN(CCC(=O)O)C(=O)C1CCCN(C(=O)COc2ccccc2)C1. The summed E-state index contributed by atoms with van der Waals surface area (Å²) >= 11 is 0. The van der Waals surface area contributed by atoms with E-state index >= 15 is 0 Å². The molecule has 1 heterocycles. The van der Waals surface area contributed by atoms with E-state index in [4.69, 9.17) is 9.84 Å². The molecule has 0 aliphatic carbocycles. The number of rotatable bonds is 7. The molecule has 0 radical (unpaired) electrons. The molecule has 7 heteroatoms. The van der Waals surface area contributed by atoms with Gasteiger partial charge >= 0.3 is 5.97 Å². The zero-order valence-electron chi connectivity index (χ0n) is 14.4. The molecule has 0 aromatic heterocycles. The molecule has 0 bridgehead atoms. The van der Waals surface area contributed by atoms with E-state index in [-0.39, 0.29) is 37.3 Å². The van der Waals surface area contributed by atoms with Gasteiger partial charge in [-0.3, -0.25) is 14.4 Å². The quantitative estimate of drug-likeness (QED) is 0.801. The first-order valence-corrected chi connectivity index (χ1v) is 8.39. The smallest absolute Gasteiger partial charge is 0.305 e. The molecule has 1 unspecified atom stereocenters. The van der Waals surface area contributed by atoms with Gasteiger partial charge in [0, 0.05) is 26.7 Å². The first-order chi connectivity index (χ1) is 12.0. The van der Waals surface area contributed by atoms with Gasteiger partial charge in [0.25, 0.3) is 5.91 Å². The van der Waals surface area contributed by atoms with E-state index in [2.05, 4.69) is 0 Å². The number of aliphatic carboxylic acids is 1. The number of likely N-dealkylation sites (tertiary alicyclic amines) is 1. The van der Waals surface area contributed by atoms with E-state index in [1.807, 2.05) is 18.2 Å². The van der Waals surface area contributed by atoms with E-state index < -0.39 is 5.97 Å². The van der Waals surface area contributed by atoms with Crippen LogP contribution in [0.1, 0.15) is 19.3 Å². The van der Waals surface area contributed by atoms with Crippen molar-refractivity contribution >= 4 is 17.8 Å². The van der Waals surface area contributed by atoms with Crippen LogP contribution in [0.2, 0.25) is 0 Å². The van der Waals surface area contributed by atoms with Gasteiger partial charge in [0.2, 0.25) is 5.91 Å². The summed E-state index contributed by atoms with van der Waals surface area (Å²) in [6.07, 6.45) is 1.38.